The molecular weight excluding hydrogens is 250 g/mol. The molecule has 1 aliphatic heterocycles. The first-order valence-electron chi connectivity index (χ1n) is 7.40. The molecule has 1 aliphatic rings. The Labute approximate surface area is 119 Å². The Morgan fingerprint density at radius 1 is 1.40 bits per heavy atom. The van der Waals surface area contributed by atoms with E-state index < -0.39 is 5.60 Å². The van der Waals surface area contributed by atoms with Crippen molar-refractivity contribution in [3.8, 4) is 0 Å². The van der Waals surface area contributed by atoms with Crippen molar-refractivity contribution in [1.29, 1.82) is 0 Å². The number of hydrogen-bond donors (Lipinski definition) is 1. The lowest BCUT2D eigenvalue weighted by Gasteiger charge is -2.37. The van der Waals surface area contributed by atoms with Gasteiger partial charge in [-0.3, -0.25) is 4.98 Å². The van der Waals surface area contributed by atoms with Crippen molar-refractivity contribution in [3.05, 3.63) is 42.1 Å². The maximum atomic E-state index is 11.0. The molecule has 0 radical (unpaired) electrons. The molecule has 0 spiro atoms. The topological polar surface area (TPSA) is 42.4 Å². The predicted octanol–water partition coefficient (Wildman–Crippen LogP) is 3.40. The largest absolute Gasteiger partial charge is 0.385 e. The maximum Gasteiger partial charge on any atom is 0.0958 e. The quantitative estimate of drug-likeness (QED) is 0.930. The minimum Gasteiger partial charge on any atom is -0.385 e. The van der Waals surface area contributed by atoms with Gasteiger partial charge < -0.3 is 9.84 Å². The molecule has 1 N–H and O–H groups in total. The van der Waals surface area contributed by atoms with Crippen molar-refractivity contribution >= 4 is 10.9 Å². The number of aliphatic hydroxyl groups is 1. The van der Waals surface area contributed by atoms with E-state index in [4.69, 9.17) is 4.74 Å². The molecule has 2 aromatic rings. The van der Waals surface area contributed by atoms with Gasteiger partial charge in [-0.2, -0.15) is 0 Å². The lowest BCUT2D eigenvalue weighted by Crippen LogP contribution is -2.38. The zero-order valence-corrected chi connectivity index (χ0v) is 11.9. The van der Waals surface area contributed by atoms with Crippen LogP contribution in [0, 0.1) is 0 Å². The van der Waals surface area contributed by atoms with Gasteiger partial charge in [-0.05, 0) is 18.6 Å². The first-order valence-corrected chi connectivity index (χ1v) is 7.40. The van der Waals surface area contributed by atoms with Crippen LogP contribution >= 0.6 is 0 Å². The van der Waals surface area contributed by atoms with Gasteiger partial charge in [0.05, 0.1) is 23.8 Å². The highest BCUT2D eigenvalue weighted by Gasteiger charge is 2.36. The van der Waals surface area contributed by atoms with Crippen molar-refractivity contribution < 1.29 is 9.84 Å². The van der Waals surface area contributed by atoms with Gasteiger partial charge in [0.1, 0.15) is 0 Å². The van der Waals surface area contributed by atoms with Crippen molar-refractivity contribution in [2.75, 3.05) is 6.61 Å². The van der Waals surface area contributed by atoms with Gasteiger partial charge >= 0.3 is 0 Å². The van der Waals surface area contributed by atoms with Crippen LogP contribution < -0.4 is 0 Å². The molecule has 1 aromatic carbocycles. The molecule has 3 rings (SSSR count). The van der Waals surface area contributed by atoms with Crippen LogP contribution in [-0.2, 0) is 10.3 Å². The second-order valence-electron chi connectivity index (χ2n) is 5.68. The van der Waals surface area contributed by atoms with Gasteiger partial charge in [0.15, 0.2) is 0 Å². The number of hydrogen-bond acceptors (Lipinski definition) is 3. The summed E-state index contributed by atoms with van der Waals surface area (Å²) < 4.78 is 5.74. The molecular formula is C17H21NO2. The first kappa shape index (κ1) is 13.5. The lowest BCUT2D eigenvalue weighted by atomic mass is 9.83. The Bertz CT molecular complexity index is 596. The zero-order chi connectivity index (χ0) is 14.0. The molecule has 1 fully saturated rings. The number of para-hydroxylation sites is 1. The molecule has 0 aliphatic carbocycles. The van der Waals surface area contributed by atoms with Crippen molar-refractivity contribution in [2.24, 2.45) is 0 Å². The van der Waals surface area contributed by atoms with E-state index in [0.717, 1.165) is 29.3 Å². The van der Waals surface area contributed by atoms with E-state index in [1.54, 1.807) is 0 Å². The number of fused-ring (bicyclic) bond motifs is 1. The molecule has 2 atom stereocenters. The minimum absolute atomic E-state index is 0.158. The van der Waals surface area contributed by atoms with E-state index in [2.05, 4.69) is 18.0 Å². The molecule has 3 nitrogen and oxygen atoms in total. The summed E-state index contributed by atoms with van der Waals surface area (Å²) in [5.41, 5.74) is 1.09. The lowest BCUT2D eigenvalue weighted by molar-refractivity contribution is -0.110. The molecule has 2 unspecified atom stereocenters. The summed E-state index contributed by atoms with van der Waals surface area (Å²) in [6.07, 6.45) is 5.37. The Morgan fingerprint density at radius 2 is 2.25 bits per heavy atom. The minimum atomic E-state index is -0.797. The van der Waals surface area contributed by atoms with E-state index in [1.165, 1.54) is 0 Å². The highest BCUT2D eigenvalue weighted by atomic mass is 16.5. The Balaban J connectivity index is 1.92. The third kappa shape index (κ3) is 2.56. The van der Waals surface area contributed by atoms with Gasteiger partial charge in [0.2, 0.25) is 0 Å². The second-order valence-corrected chi connectivity index (χ2v) is 5.68. The van der Waals surface area contributed by atoms with Gasteiger partial charge in [-0.1, -0.05) is 31.5 Å². The molecule has 0 bridgehead atoms. The number of pyridine rings is 1. The number of benzene rings is 1. The monoisotopic (exact) mass is 271 g/mol. The van der Waals surface area contributed by atoms with Crippen molar-refractivity contribution in [1.82, 2.24) is 4.98 Å². The summed E-state index contributed by atoms with van der Waals surface area (Å²) in [4.78, 5) is 4.47. The van der Waals surface area contributed by atoms with Gasteiger partial charge in [0, 0.05) is 30.0 Å². The van der Waals surface area contributed by atoms with Crippen LogP contribution in [-0.4, -0.2) is 22.8 Å². The molecule has 0 saturated carbocycles. The highest BCUT2D eigenvalue weighted by Crippen LogP contribution is 2.36. The second kappa shape index (κ2) is 5.51. The SMILES string of the molecule is CCCC1CC(O)(c2cnc3ccccc3c2)CCO1. The fraction of sp³-hybridized carbons (Fsp3) is 0.471. The fourth-order valence-corrected chi connectivity index (χ4v) is 3.03. The van der Waals surface area contributed by atoms with E-state index in [9.17, 15) is 5.11 Å². The standard InChI is InChI=1S/C17H21NO2/c1-2-5-15-11-17(19,8-9-20-15)14-10-13-6-3-4-7-16(13)18-12-14/h3-4,6-7,10,12,15,19H,2,5,8-9,11H2,1H3. The summed E-state index contributed by atoms with van der Waals surface area (Å²) in [5, 5.41) is 12.1. The summed E-state index contributed by atoms with van der Waals surface area (Å²) >= 11 is 0. The first-order chi connectivity index (χ1) is 9.71. The number of rotatable bonds is 3. The normalized spacial score (nSPS) is 26.8. The van der Waals surface area contributed by atoms with Crippen LogP contribution in [0.1, 0.15) is 38.2 Å². The number of ether oxygens (including phenoxy) is 1. The van der Waals surface area contributed by atoms with Crippen LogP contribution in [0.15, 0.2) is 36.5 Å². The Hall–Kier alpha value is -1.45. The number of nitrogens with zero attached hydrogens (tertiary/aromatic N) is 1. The number of aromatic nitrogens is 1. The molecule has 20 heavy (non-hydrogen) atoms. The summed E-state index contributed by atoms with van der Waals surface area (Å²) in [7, 11) is 0. The maximum absolute atomic E-state index is 11.0. The van der Waals surface area contributed by atoms with Crippen LogP contribution in [0.4, 0.5) is 0 Å². The molecule has 2 heterocycles. The van der Waals surface area contributed by atoms with E-state index >= 15 is 0 Å². The average Bonchev–Trinajstić information content (AvgIpc) is 2.47. The van der Waals surface area contributed by atoms with Crippen LogP contribution in [0.25, 0.3) is 10.9 Å². The average molecular weight is 271 g/mol. The molecule has 106 valence electrons. The summed E-state index contributed by atoms with van der Waals surface area (Å²) in [6, 6.07) is 10.1. The van der Waals surface area contributed by atoms with E-state index in [1.807, 2.05) is 30.5 Å². The third-order valence-electron chi connectivity index (χ3n) is 4.17. The van der Waals surface area contributed by atoms with Gasteiger partial charge in [-0.15, -0.1) is 0 Å². The van der Waals surface area contributed by atoms with E-state index in [-0.39, 0.29) is 6.10 Å². The van der Waals surface area contributed by atoms with Gasteiger partial charge in [0.25, 0.3) is 0 Å². The zero-order valence-electron chi connectivity index (χ0n) is 11.9. The van der Waals surface area contributed by atoms with Crippen molar-refractivity contribution in [3.63, 3.8) is 0 Å². The fourth-order valence-electron chi connectivity index (χ4n) is 3.03. The third-order valence-corrected chi connectivity index (χ3v) is 4.17. The van der Waals surface area contributed by atoms with Crippen molar-refractivity contribution in [2.45, 2.75) is 44.3 Å². The van der Waals surface area contributed by atoms with E-state index in [0.29, 0.717) is 19.4 Å². The molecule has 3 heteroatoms. The molecule has 1 aromatic heterocycles. The van der Waals surface area contributed by atoms with Crippen LogP contribution in [0.5, 0.6) is 0 Å². The van der Waals surface area contributed by atoms with Crippen LogP contribution in [0.2, 0.25) is 0 Å². The Kier molecular flexibility index (Phi) is 3.72. The smallest absolute Gasteiger partial charge is 0.0958 e. The molecule has 1 saturated heterocycles. The predicted molar refractivity (Wildman–Crippen MR) is 79.5 cm³/mol. The highest BCUT2D eigenvalue weighted by molar-refractivity contribution is 5.78. The Morgan fingerprint density at radius 3 is 3.10 bits per heavy atom. The summed E-state index contributed by atoms with van der Waals surface area (Å²) in [6.45, 7) is 2.77. The summed E-state index contributed by atoms with van der Waals surface area (Å²) in [5.74, 6) is 0. The van der Waals surface area contributed by atoms with Gasteiger partial charge in [-0.25, -0.2) is 0 Å². The molecule has 0 amide bonds. The van der Waals surface area contributed by atoms with Crippen LogP contribution in [0.3, 0.4) is 0 Å².